The summed E-state index contributed by atoms with van der Waals surface area (Å²) < 4.78 is 14.4. The van der Waals surface area contributed by atoms with Gasteiger partial charge in [0.25, 0.3) is 5.91 Å². The van der Waals surface area contributed by atoms with Gasteiger partial charge in [0.15, 0.2) is 0 Å². The van der Waals surface area contributed by atoms with Crippen molar-refractivity contribution in [2.24, 2.45) is 0 Å². The normalized spacial score (nSPS) is 15.5. The molecule has 0 fully saturated rings. The Hall–Kier alpha value is -2.02. The maximum absolute atomic E-state index is 14.4. The van der Waals surface area contributed by atoms with Crippen LogP contribution in [0.5, 0.6) is 0 Å². The molecular formula is C21H21Cl3FN3O2. The Bertz CT molecular complexity index is 971. The van der Waals surface area contributed by atoms with E-state index in [1.54, 1.807) is 11.0 Å². The van der Waals surface area contributed by atoms with Gasteiger partial charge in [-0.25, -0.2) is 4.39 Å². The van der Waals surface area contributed by atoms with Crippen molar-refractivity contribution in [3.8, 4) is 0 Å². The zero-order valence-corrected chi connectivity index (χ0v) is 18.5. The van der Waals surface area contributed by atoms with Gasteiger partial charge < -0.3 is 15.5 Å². The van der Waals surface area contributed by atoms with E-state index >= 15 is 0 Å². The molecule has 1 aliphatic rings. The number of nitrogens with zero attached hydrogens (tertiary/aromatic N) is 1. The summed E-state index contributed by atoms with van der Waals surface area (Å²) >= 11 is 18.0. The van der Waals surface area contributed by atoms with Gasteiger partial charge in [-0.05, 0) is 54.8 Å². The molecule has 0 aromatic heterocycles. The third-order valence-electron chi connectivity index (χ3n) is 5.05. The van der Waals surface area contributed by atoms with Crippen LogP contribution >= 0.6 is 34.8 Å². The Labute approximate surface area is 189 Å². The van der Waals surface area contributed by atoms with Crippen LogP contribution in [0, 0.1) is 5.82 Å². The van der Waals surface area contributed by atoms with Crippen LogP contribution in [0.4, 0.5) is 10.1 Å². The summed E-state index contributed by atoms with van der Waals surface area (Å²) in [5.74, 6) is -0.929. The van der Waals surface area contributed by atoms with E-state index in [-0.39, 0.29) is 35.6 Å². The number of benzene rings is 2. The zero-order valence-electron chi connectivity index (χ0n) is 16.3. The van der Waals surface area contributed by atoms with Crippen LogP contribution in [-0.2, 0) is 11.2 Å². The van der Waals surface area contributed by atoms with Crippen molar-refractivity contribution in [2.75, 3.05) is 30.8 Å². The van der Waals surface area contributed by atoms with Gasteiger partial charge >= 0.3 is 0 Å². The van der Waals surface area contributed by atoms with E-state index in [0.717, 1.165) is 17.2 Å². The van der Waals surface area contributed by atoms with Crippen LogP contribution < -0.4 is 10.6 Å². The second-order valence-corrected chi connectivity index (χ2v) is 8.19. The number of carbonyl (C=O) groups is 2. The summed E-state index contributed by atoms with van der Waals surface area (Å²) in [5.41, 5.74) is 2.25. The molecule has 0 aliphatic carbocycles. The molecule has 30 heavy (non-hydrogen) atoms. The Morgan fingerprint density at radius 3 is 2.70 bits per heavy atom. The Kier molecular flexibility index (Phi) is 7.45. The number of anilines is 1. The van der Waals surface area contributed by atoms with E-state index in [1.807, 2.05) is 13.0 Å². The minimum atomic E-state index is -0.615. The lowest BCUT2D eigenvalue weighted by Crippen LogP contribution is -2.42. The first-order valence-electron chi connectivity index (χ1n) is 9.46. The van der Waals surface area contributed by atoms with Gasteiger partial charge in [0, 0.05) is 34.6 Å². The first-order valence-corrected chi connectivity index (χ1v) is 10.8. The standard InChI is InChI=1S/C21H21Cl3FN3O2/c1-12-20-13(8-15(23)10-16(20)24)4-7-28(12)19(29)11-27-18-3-2-14(9-17(18)25)21(30)26-6-5-22/h2-3,8-10,12,27H,4-7,11H2,1H3,(H,26,30). The van der Waals surface area contributed by atoms with E-state index in [1.165, 1.54) is 12.1 Å². The number of hydrogen-bond donors (Lipinski definition) is 2. The Morgan fingerprint density at radius 2 is 2.00 bits per heavy atom. The third-order valence-corrected chi connectivity index (χ3v) is 5.77. The highest BCUT2D eigenvalue weighted by Gasteiger charge is 2.29. The number of nitrogens with one attached hydrogen (secondary N) is 2. The molecule has 3 rings (SSSR count). The van der Waals surface area contributed by atoms with Crippen molar-refractivity contribution in [1.29, 1.82) is 0 Å². The van der Waals surface area contributed by atoms with Crippen LogP contribution in [-0.4, -0.2) is 42.2 Å². The Balaban J connectivity index is 1.65. The molecule has 160 valence electrons. The van der Waals surface area contributed by atoms with Gasteiger partial charge in [-0.15, -0.1) is 11.6 Å². The van der Waals surface area contributed by atoms with Gasteiger partial charge in [0.05, 0.1) is 18.3 Å². The maximum Gasteiger partial charge on any atom is 0.251 e. The highest BCUT2D eigenvalue weighted by molar-refractivity contribution is 6.35. The summed E-state index contributed by atoms with van der Waals surface area (Å²) in [5, 5.41) is 6.49. The lowest BCUT2D eigenvalue weighted by atomic mass is 9.93. The van der Waals surface area contributed by atoms with Crippen LogP contribution in [0.3, 0.4) is 0 Å². The summed E-state index contributed by atoms with van der Waals surface area (Å²) in [7, 11) is 0. The monoisotopic (exact) mass is 471 g/mol. The molecule has 2 aromatic rings. The minimum Gasteiger partial charge on any atom is -0.374 e. The SMILES string of the molecule is CC1c2c(Cl)cc(Cl)cc2CCN1C(=O)CNc1ccc(C(=O)NCCCl)cc1F. The maximum atomic E-state index is 14.4. The quantitative estimate of drug-likeness (QED) is 0.601. The van der Waals surface area contributed by atoms with Crippen molar-refractivity contribution in [3.05, 3.63) is 62.9 Å². The molecule has 0 saturated carbocycles. The number of carbonyl (C=O) groups excluding carboxylic acids is 2. The molecule has 1 heterocycles. The van der Waals surface area contributed by atoms with E-state index in [0.29, 0.717) is 29.6 Å². The topological polar surface area (TPSA) is 61.4 Å². The first-order chi connectivity index (χ1) is 14.3. The minimum absolute atomic E-state index is 0.0837. The molecule has 9 heteroatoms. The number of alkyl halides is 1. The van der Waals surface area contributed by atoms with Crippen LogP contribution in [0.25, 0.3) is 0 Å². The molecule has 1 atom stereocenters. The van der Waals surface area contributed by atoms with Crippen molar-refractivity contribution in [2.45, 2.75) is 19.4 Å². The number of rotatable bonds is 6. The molecule has 0 radical (unpaired) electrons. The predicted octanol–water partition coefficient (Wildman–Crippen LogP) is 4.66. The molecule has 5 nitrogen and oxygen atoms in total. The second-order valence-electron chi connectivity index (χ2n) is 6.97. The van der Waals surface area contributed by atoms with E-state index in [2.05, 4.69) is 10.6 Å². The number of halogens is 4. The van der Waals surface area contributed by atoms with Crippen molar-refractivity contribution in [3.63, 3.8) is 0 Å². The number of hydrogen-bond acceptors (Lipinski definition) is 3. The highest BCUT2D eigenvalue weighted by Crippen LogP contribution is 2.36. The van der Waals surface area contributed by atoms with E-state index in [9.17, 15) is 14.0 Å². The van der Waals surface area contributed by atoms with Gasteiger partial charge in [-0.2, -0.15) is 0 Å². The van der Waals surface area contributed by atoms with Gasteiger partial charge in [0.1, 0.15) is 5.82 Å². The molecule has 2 aromatic carbocycles. The average molecular weight is 473 g/mol. The fourth-order valence-electron chi connectivity index (χ4n) is 3.58. The molecule has 0 saturated heterocycles. The smallest absolute Gasteiger partial charge is 0.251 e. The van der Waals surface area contributed by atoms with Crippen molar-refractivity contribution < 1.29 is 14.0 Å². The second kappa shape index (κ2) is 9.86. The summed E-state index contributed by atoms with van der Waals surface area (Å²) in [6.45, 7) is 2.64. The molecule has 2 N–H and O–H groups in total. The fraction of sp³-hybridized carbons (Fsp3) is 0.333. The molecule has 2 amide bonds. The van der Waals surface area contributed by atoms with Crippen LogP contribution in [0.1, 0.15) is 34.5 Å². The van der Waals surface area contributed by atoms with Crippen molar-refractivity contribution in [1.82, 2.24) is 10.2 Å². The van der Waals surface area contributed by atoms with Gasteiger partial charge in [-0.3, -0.25) is 9.59 Å². The average Bonchev–Trinajstić information content (AvgIpc) is 2.70. The molecule has 1 unspecified atom stereocenters. The molecule has 1 aliphatic heterocycles. The summed E-state index contributed by atoms with van der Waals surface area (Å²) in [4.78, 5) is 26.4. The zero-order chi connectivity index (χ0) is 21.8. The summed E-state index contributed by atoms with van der Waals surface area (Å²) in [6.07, 6.45) is 0.645. The third kappa shape index (κ3) is 4.99. The summed E-state index contributed by atoms with van der Waals surface area (Å²) in [6, 6.07) is 7.38. The first kappa shape index (κ1) is 22.7. The molecular weight excluding hydrogens is 452 g/mol. The Morgan fingerprint density at radius 1 is 1.23 bits per heavy atom. The van der Waals surface area contributed by atoms with Gasteiger partial charge in [-0.1, -0.05) is 23.2 Å². The largest absolute Gasteiger partial charge is 0.374 e. The lowest BCUT2D eigenvalue weighted by Gasteiger charge is -2.36. The lowest BCUT2D eigenvalue weighted by molar-refractivity contribution is -0.131. The molecule has 0 spiro atoms. The van der Waals surface area contributed by atoms with Crippen LogP contribution in [0.15, 0.2) is 30.3 Å². The van der Waals surface area contributed by atoms with Crippen LogP contribution in [0.2, 0.25) is 10.0 Å². The van der Waals surface area contributed by atoms with E-state index in [4.69, 9.17) is 34.8 Å². The number of fused-ring (bicyclic) bond motifs is 1. The molecule has 0 bridgehead atoms. The highest BCUT2D eigenvalue weighted by atomic mass is 35.5. The van der Waals surface area contributed by atoms with Gasteiger partial charge in [0.2, 0.25) is 5.91 Å². The van der Waals surface area contributed by atoms with Crippen molar-refractivity contribution >= 4 is 52.3 Å². The predicted molar refractivity (Wildman–Crippen MR) is 118 cm³/mol. The fourth-order valence-corrected chi connectivity index (χ4v) is 4.37. The number of amides is 2. The van der Waals surface area contributed by atoms with E-state index < -0.39 is 11.7 Å².